The summed E-state index contributed by atoms with van der Waals surface area (Å²) in [4.78, 5) is 13.0. The molecule has 1 aromatic heterocycles. The van der Waals surface area contributed by atoms with Crippen LogP contribution in [0.1, 0.15) is 175 Å². The number of nitrogens with two attached hydrogens (primary N) is 2. The first kappa shape index (κ1) is 35.0. The average Bonchev–Trinajstić information content (AvgIpc) is 3.33. The first-order valence-electron chi connectivity index (χ1n) is 17.7. The highest BCUT2D eigenvalue weighted by atomic mass is 16.1. The van der Waals surface area contributed by atoms with E-state index in [0.717, 1.165) is 37.9 Å². The Bertz CT molecular complexity index is 908. The zero-order chi connectivity index (χ0) is 30.5. The molecule has 1 amide bonds. The lowest BCUT2D eigenvalue weighted by Gasteiger charge is -2.46. The van der Waals surface area contributed by atoms with Crippen LogP contribution in [0.3, 0.4) is 0 Å². The van der Waals surface area contributed by atoms with Crippen LogP contribution >= 0.6 is 0 Å². The van der Waals surface area contributed by atoms with E-state index in [1.807, 2.05) is 17.8 Å². The first-order chi connectivity index (χ1) is 19.9. The van der Waals surface area contributed by atoms with Crippen molar-refractivity contribution in [2.75, 3.05) is 0 Å². The van der Waals surface area contributed by atoms with Crippen molar-refractivity contribution in [1.82, 2.24) is 20.3 Å². The lowest BCUT2D eigenvalue weighted by atomic mass is 9.73. The van der Waals surface area contributed by atoms with Crippen LogP contribution in [0.25, 0.3) is 0 Å². The van der Waals surface area contributed by atoms with Crippen molar-refractivity contribution in [3.05, 3.63) is 11.9 Å². The third-order valence-electron chi connectivity index (χ3n) is 10.8. The monoisotopic (exact) mass is 587 g/mol. The number of rotatable bonds is 9. The molecule has 7 heteroatoms. The van der Waals surface area contributed by atoms with Gasteiger partial charge >= 0.3 is 0 Å². The van der Waals surface area contributed by atoms with E-state index in [-0.39, 0.29) is 11.4 Å². The molecule has 7 nitrogen and oxygen atoms in total. The van der Waals surface area contributed by atoms with E-state index >= 15 is 0 Å². The van der Waals surface area contributed by atoms with Gasteiger partial charge in [-0.3, -0.25) is 9.48 Å². The Kier molecular flexibility index (Phi) is 13.8. The number of hydrogen-bond donors (Lipinski definition) is 3. The van der Waals surface area contributed by atoms with Gasteiger partial charge in [0.25, 0.3) is 0 Å². The molecular formula is C35H66N6O. The minimum absolute atomic E-state index is 0.00781. The maximum absolute atomic E-state index is 13.0. The van der Waals surface area contributed by atoms with Gasteiger partial charge in [0.1, 0.15) is 0 Å². The van der Waals surface area contributed by atoms with Gasteiger partial charge in [-0.05, 0) is 77.6 Å². The van der Waals surface area contributed by atoms with Crippen molar-refractivity contribution in [1.29, 1.82) is 0 Å². The minimum atomic E-state index is -0.538. The van der Waals surface area contributed by atoms with Crippen LogP contribution in [0, 0.1) is 5.41 Å². The maximum atomic E-state index is 13.0. The van der Waals surface area contributed by atoms with E-state index in [2.05, 4.69) is 36.4 Å². The van der Waals surface area contributed by atoms with E-state index in [0.29, 0.717) is 24.7 Å². The summed E-state index contributed by atoms with van der Waals surface area (Å²) in [5, 5.41) is 12.0. The average molecular weight is 587 g/mol. The molecule has 0 aromatic carbocycles. The quantitative estimate of drug-likeness (QED) is 0.202. The number of amides is 1. The number of nitrogens with one attached hydrogen (secondary N) is 1. The van der Waals surface area contributed by atoms with Gasteiger partial charge in [-0.15, -0.1) is 5.10 Å². The Labute approximate surface area is 258 Å². The molecule has 0 saturated heterocycles. The Hall–Kier alpha value is -1.47. The topological polar surface area (TPSA) is 112 Å². The number of carbonyl (C=O) groups is 1. The van der Waals surface area contributed by atoms with Crippen molar-refractivity contribution in [3.63, 3.8) is 0 Å². The Morgan fingerprint density at radius 1 is 0.810 bits per heavy atom. The molecule has 0 aliphatic heterocycles. The molecule has 2 saturated carbocycles. The van der Waals surface area contributed by atoms with E-state index in [9.17, 15) is 4.79 Å². The highest BCUT2D eigenvalue weighted by molar-refractivity contribution is 5.77. The molecular weight excluding hydrogens is 520 g/mol. The largest absolute Gasteiger partial charge is 0.349 e. The summed E-state index contributed by atoms with van der Waals surface area (Å²) in [6, 6.07) is 0. The number of unbranched alkanes of at least 4 members (excludes halogenated alkanes) is 1. The Balaban J connectivity index is 1.41. The minimum Gasteiger partial charge on any atom is -0.349 e. The second kappa shape index (κ2) is 16.6. The zero-order valence-electron chi connectivity index (χ0n) is 28.0. The fourth-order valence-corrected chi connectivity index (χ4v) is 7.67. The summed E-state index contributed by atoms with van der Waals surface area (Å²) >= 11 is 0. The third kappa shape index (κ3) is 11.9. The van der Waals surface area contributed by atoms with Crippen LogP contribution in [0.15, 0.2) is 6.20 Å². The molecule has 1 aromatic rings. The second-order valence-electron chi connectivity index (χ2n) is 15.5. The zero-order valence-corrected chi connectivity index (χ0v) is 28.0. The Morgan fingerprint density at radius 3 is 1.98 bits per heavy atom. The number of aromatic nitrogens is 3. The van der Waals surface area contributed by atoms with E-state index < -0.39 is 11.1 Å². The highest BCUT2D eigenvalue weighted by Gasteiger charge is 2.48. The number of hydrogen-bond acceptors (Lipinski definition) is 5. The van der Waals surface area contributed by atoms with Crippen molar-refractivity contribution < 1.29 is 4.79 Å². The van der Waals surface area contributed by atoms with Gasteiger partial charge in [0.2, 0.25) is 5.91 Å². The fourth-order valence-electron chi connectivity index (χ4n) is 7.67. The van der Waals surface area contributed by atoms with Gasteiger partial charge in [0.05, 0.1) is 11.2 Å². The standard InChI is InChI=1S/C35H66N6O/c1-32(22-15-13-11-9-7-5-6-8-10-12-14-16-23-32)24-17-18-27-41-28-30(39-40-41)20-21-31(42)38-35(4)29-33(2,36)25-19-26-34(35,3)37/h28H,5-27,29,36-37H2,1-4H3,(H,38,42). The molecule has 5 N–H and O–H groups in total. The predicted molar refractivity (Wildman–Crippen MR) is 175 cm³/mol. The van der Waals surface area contributed by atoms with E-state index in [1.165, 1.54) is 103 Å². The van der Waals surface area contributed by atoms with Gasteiger partial charge in [-0.25, -0.2) is 0 Å². The summed E-state index contributed by atoms with van der Waals surface area (Å²) in [5.74, 6) is 0.00781. The molecule has 0 spiro atoms. The van der Waals surface area contributed by atoms with Crippen molar-refractivity contribution in [3.8, 4) is 0 Å². The molecule has 1 heterocycles. The third-order valence-corrected chi connectivity index (χ3v) is 10.8. The normalized spacial score (nSPS) is 30.5. The Morgan fingerprint density at radius 2 is 1.38 bits per heavy atom. The highest BCUT2D eigenvalue weighted by Crippen LogP contribution is 2.38. The first-order valence-corrected chi connectivity index (χ1v) is 17.7. The number of aryl methyl sites for hydroxylation is 2. The molecule has 3 unspecified atom stereocenters. The molecule has 3 rings (SSSR count). The van der Waals surface area contributed by atoms with Crippen molar-refractivity contribution in [2.45, 2.75) is 199 Å². The maximum Gasteiger partial charge on any atom is 0.220 e. The van der Waals surface area contributed by atoms with Gasteiger partial charge in [-0.2, -0.15) is 0 Å². The van der Waals surface area contributed by atoms with Crippen LogP contribution in [0.4, 0.5) is 0 Å². The fraction of sp³-hybridized carbons (Fsp3) is 0.914. The summed E-state index contributed by atoms with van der Waals surface area (Å²) in [5.41, 5.74) is 13.2. The summed E-state index contributed by atoms with van der Waals surface area (Å²) in [7, 11) is 0. The second-order valence-corrected chi connectivity index (χ2v) is 15.5. The lowest BCUT2D eigenvalue weighted by molar-refractivity contribution is -0.124. The van der Waals surface area contributed by atoms with Crippen molar-refractivity contribution >= 4 is 5.91 Å². The summed E-state index contributed by atoms with van der Waals surface area (Å²) in [6.45, 7) is 9.63. The van der Waals surface area contributed by atoms with Crippen LogP contribution in [0.2, 0.25) is 0 Å². The van der Waals surface area contributed by atoms with Gasteiger partial charge in [0.15, 0.2) is 0 Å². The summed E-state index contributed by atoms with van der Waals surface area (Å²) < 4.78 is 1.97. The lowest BCUT2D eigenvalue weighted by Crippen LogP contribution is -2.67. The van der Waals surface area contributed by atoms with E-state index in [4.69, 9.17) is 11.5 Å². The predicted octanol–water partition coefficient (Wildman–Crippen LogP) is 7.75. The molecule has 242 valence electrons. The van der Waals surface area contributed by atoms with Gasteiger partial charge < -0.3 is 16.8 Å². The SMILES string of the molecule is CC1(N)CCCC(C)(N)C(C)(NC(=O)CCc2cn(CCCCC3(C)CCCCCCCCCCCCCC3)nn2)C1. The van der Waals surface area contributed by atoms with Crippen LogP contribution in [-0.2, 0) is 17.8 Å². The molecule has 2 aliphatic carbocycles. The van der Waals surface area contributed by atoms with E-state index in [1.54, 1.807) is 0 Å². The van der Waals surface area contributed by atoms with Crippen molar-refractivity contribution in [2.24, 2.45) is 16.9 Å². The van der Waals surface area contributed by atoms with Crippen LogP contribution in [-0.4, -0.2) is 37.5 Å². The smallest absolute Gasteiger partial charge is 0.220 e. The number of nitrogens with zero attached hydrogens (tertiary/aromatic N) is 3. The molecule has 0 bridgehead atoms. The molecule has 2 aliphatic rings. The molecule has 42 heavy (non-hydrogen) atoms. The van der Waals surface area contributed by atoms with Gasteiger partial charge in [-0.1, -0.05) is 95.6 Å². The molecule has 2 fully saturated rings. The number of carbonyl (C=O) groups excluding carboxylic acids is 1. The van der Waals surface area contributed by atoms with Crippen LogP contribution < -0.4 is 16.8 Å². The molecule has 0 radical (unpaired) electrons. The molecule has 3 atom stereocenters. The van der Waals surface area contributed by atoms with Gasteiger partial charge in [0, 0.05) is 36.7 Å². The summed E-state index contributed by atoms with van der Waals surface area (Å²) in [6.07, 6.45) is 30.0. The van der Waals surface area contributed by atoms with Crippen LogP contribution in [0.5, 0.6) is 0 Å².